The molecule has 0 saturated carbocycles. The zero-order valence-electron chi connectivity index (χ0n) is 16.0. The number of hydrogen-bond donors (Lipinski definition) is 0. The number of amides is 3. The van der Waals surface area contributed by atoms with Crippen LogP contribution >= 0.6 is 0 Å². The van der Waals surface area contributed by atoms with Gasteiger partial charge in [-0.15, -0.1) is 13.7 Å². The average molecular weight is 505 g/mol. The standard InChI is InChI=1S/C4H5NO5S.C4H9NO4S.C2H6O4S2/c1-11(8)10-9-5-3(6)2-4(5)7;1-4(6)5(2)8-9-10(3)7;1-7(3)6-8(2,4)5/h2H2,1H3;1-3H3;1-2H3. The van der Waals surface area contributed by atoms with Crippen LogP contribution in [0, 0.1) is 0 Å². The second kappa shape index (κ2) is 14.7. The van der Waals surface area contributed by atoms with Crippen molar-refractivity contribution in [2.75, 3.05) is 32.1 Å². The van der Waals surface area contributed by atoms with E-state index in [-0.39, 0.29) is 12.3 Å². The van der Waals surface area contributed by atoms with E-state index in [0.717, 1.165) is 17.6 Å². The molecule has 0 aliphatic carbocycles. The molecule has 0 spiro atoms. The van der Waals surface area contributed by atoms with Crippen molar-refractivity contribution in [1.82, 2.24) is 10.1 Å². The molecule has 15 nitrogen and oxygen atoms in total. The fourth-order valence-corrected chi connectivity index (χ4v) is 2.51. The van der Waals surface area contributed by atoms with Crippen LogP contribution in [0.2, 0.25) is 0 Å². The lowest BCUT2D eigenvalue weighted by atomic mass is 10.2. The van der Waals surface area contributed by atoms with Crippen molar-refractivity contribution in [1.29, 1.82) is 0 Å². The van der Waals surface area contributed by atoms with E-state index in [1.807, 2.05) is 0 Å². The quantitative estimate of drug-likeness (QED) is 0.150. The van der Waals surface area contributed by atoms with Crippen molar-refractivity contribution in [3.63, 3.8) is 0 Å². The fourth-order valence-electron chi connectivity index (χ4n) is 0.792. The van der Waals surface area contributed by atoms with Gasteiger partial charge in [0.25, 0.3) is 21.9 Å². The summed E-state index contributed by atoms with van der Waals surface area (Å²) in [5.74, 6) is -1.33. The topological polar surface area (TPSA) is 189 Å². The van der Waals surface area contributed by atoms with Gasteiger partial charge >= 0.3 is 0 Å². The summed E-state index contributed by atoms with van der Waals surface area (Å²) in [6, 6.07) is 0. The van der Waals surface area contributed by atoms with E-state index in [9.17, 15) is 35.4 Å². The maximum absolute atomic E-state index is 10.5. The van der Waals surface area contributed by atoms with Crippen LogP contribution in [0.5, 0.6) is 0 Å². The van der Waals surface area contributed by atoms with Crippen molar-refractivity contribution in [2.24, 2.45) is 0 Å². The van der Waals surface area contributed by atoms with E-state index in [4.69, 9.17) is 0 Å². The molecule has 0 radical (unpaired) electrons. The van der Waals surface area contributed by atoms with Crippen molar-refractivity contribution in [3.8, 4) is 0 Å². The molecule has 0 aromatic heterocycles. The lowest BCUT2D eigenvalue weighted by molar-refractivity contribution is -0.340. The van der Waals surface area contributed by atoms with Gasteiger partial charge in [0.05, 0.1) is 6.26 Å². The van der Waals surface area contributed by atoms with Gasteiger partial charge in [-0.3, -0.25) is 14.4 Å². The highest BCUT2D eigenvalue weighted by Gasteiger charge is 2.37. The van der Waals surface area contributed by atoms with Crippen molar-refractivity contribution in [2.45, 2.75) is 13.3 Å². The lowest BCUT2D eigenvalue weighted by Gasteiger charge is -2.23. The Morgan fingerprint density at radius 2 is 1.45 bits per heavy atom. The van der Waals surface area contributed by atoms with Crippen LogP contribution in [-0.4, -0.2) is 81.0 Å². The first-order valence-corrected chi connectivity index (χ1v) is 13.0. The molecule has 1 fully saturated rings. The molecule has 0 N–H and O–H groups in total. The first-order valence-electron chi connectivity index (χ1n) is 6.77. The van der Waals surface area contributed by atoms with E-state index >= 15 is 0 Å². The van der Waals surface area contributed by atoms with Gasteiger partial charge in [-0.25, -0.2) is 12.6 Å². The Labute approximate surface area is 174 Å². The highest BCUT2D eigenvalue weighted by atomic mass is 32.3. The molecule has 1 saturated heterocycles. The fraction of sp³-hybridized carbons (Fsp3) is 0.700. The Balaban J connectivity index is 0. The number of nitrogens with zero attached hydrogens (tertiary/aromatic N) is 2. The van der Waals surface area contributed by atoms with Gasteiger partial charge in [0.15, 0.2) is 33.2 Å². The average Bonchev–Trinajstić information content (AvgIpc) is 2.50. The first-order chi connectivity index (χ1) is 13.1. The molecule has 0 aromatic carbocycles. The minimum Gasteiger partial charge on any atom is -0.273 e. The third kappa shape index (κ3) is 18.6. The number of hydrogen-bond acceptors (Lipinski definition) is 13. The van der Waals surface area contributed by atoms with Gasteiger partial charge in [-0.1, -0.05) is 9.98 Å². The molecular weight excluding hydrogens is 484 g/mol. The molecule has 3 atom stereocenters. The van der Waals surface area contributed by atoms with E-state index in [0.29, 0.717) is 5.06 Å². The molecule has 1 heterocycles. The van der Waals surface area contributed by atoms with Gasteiger partial charge in [0.1, 0.15) is 6.42 Å². The summed E-state index contributed by atoms with van der Waals surface area (Å²) in [4.78, 5) is 39.6. The molecule has 3 amide bonds. The predicted molar refractivity (Wildman–Crippen MR) is 97.4 cm³/mol. The molecular formula is C10H20N2O13S4. The van der Waals surface area contributed by atoms with Gasteiger partial charge in [0.2, 0.25) is 5.91 Å². The zero-order chi connectivity index (χ0) is 23.4. The number of imide groups is 1. The minimum atomic E-state index is -3.52. The largest absolute Gasteiger partial charge is 0.277 e. The van der Waals surface area contributed by atoms with E-state index in [2.05, 4.69) is 22.3 Å². The SMILES string of the molecule is CC(=O)N(C)OOS(C)=O.CS(=O)OON1C(=O)CC1=O.CS(=O)OS(C)(=O)=O. The summed E-state index contributed by atoms with van der Waals surface area (Å²) < 4.78 is 62.5. The van der Waals surface area contributed by atoms with Crippen molar-refractivity contribution in [3.05, 3.63) is 0 Å². The van der Waals surface area contributed by atoms with Crippen LogP contribution in [0.15, 0.2) is 0 Å². The molecule has 0 aromatic rings. The molecule has 29 heavy (non-hydrogen) atoms. The smallest absolute Gasteiger partial charge is 0.273 e. The summed E-state index contributed by atoms with van der Waals surface area (Å²) in [7, 11) is -2.17. The Morgan fingerprint density at radius 1 is 1.00 bits per heavy atom. The van der Waals surface area contributed by atoms with Gasteiger partial charge in [0, 0.05) is 32.7 Å². The van der Waals surface area contributed by atoms with Crippen LogP contribution in [0.1, 0.15) is 13.3 Å². The monoisotopic (exact) mass is 504 g/mol. The molecule has 1 aliphatic heterocycles. The van der Waals surface area contributed by atoms with Crippen molar-refractivity contribution >= 4 is 61.1 Å². The predicted octanol–water partition coefficient (Wildman–Crippen LogP) is -2.22. The number of carbonyl (C=O) groups is 3. The van der Waals surface area contributed by atoms with Gasteiger partial charge in [-0.2, -0.15) is 17.1 Å². The summed E-state index contributed by atoms with van der Waals surface area (Å²) in [5.41, 5.74) is 0. The summed E-state index contributed by atoms with van der Waals surface area (Å²) in [6.07, 6.45) is 4.29. The first kappa shape index (κ1) is 30.0. The summed E-state index contributed by atoms with van der Waals surface area (Å²) in [6.45, 7) is 1.29. The van der Waals surface area contributed by atoms with E-state index in [1.54, 1.807) is 0 Å². The van der Waals surface area contributed by atoms with Crippen LogP contribution in [0.25, 0.3) is 0 Å². The molecule has 1 rings (SSSR count). The highest BCUT2D eigenvalue weighted by Crippen LogP contribution is 2.11. The van der Waals surface area contributed by atoms with Crippen molar-refractivity contribution < 1.29 is 57.7 Å². The molecule has 0 bridgehead atoms. The molecule has 1 aliphatic rings. The number of carbonyl (C=O) groups excluding carboxylic acids is 3. The molecule has 19 heteroatoms. The summed E-state index contributed by atoms with van der Waals surface area (Å²) in [5, 5.41) is 1.25. The second-order valence-electron chi connectivity index (χ2n) is 4.54. The number of hydroxylamine groups is 4. The number of rotatable bonds is 8. The summed E-state index contributed by atoms with van der Waals surface area (Å²) >= 11 is -4.89. The number of β-lactam (4-membered cyclic amide) rings is 2. The highest BCUT2D eigenvalue weighted by molar-refractivity contribution is 7.96. The molecule has 3 unspecified atom stereocenters. The maximum Gasteiger partial charge on any atom is 0.277 e. The van der Waals surface area contributed by atoms with Gasteiger partial charge < -0.3 is 0 Å². The van der Waals surface area contributed by atoms with Crippen LogP contribution in [0.3, 0.4) is 0 Å². The third-order valence-corrected chi connectivity index (χ3v) is 4.12. The second-order valence-corrected chi connectivity index (χ2v) is 9.17. The minimum absolute atomic E-state index is 0.181. The lowest BCUT2D eigenvalue weighted by Crippen LogP contribution is -2.48. The normalized spacial score (nSPS) is 16.3. The van der Waals surface area contributed by atoms with Crippen LogP contribution < -0.4 is 0 Å². The Bertz CT molecular complexity index is 739. The Hall–Kier alpha value is -1.19. The van der Waals surface area contributed by atoms with Crippen LogP contribution in [-0.2, 0) is 80.0 Å². The van der Waals surface area contributed by atoms with E-state index in [1.165, 1.54) is 26.5 Å². The Morgan fingerprint density at radius 3 is 1.69 bits per heavy atom. The van der Waals surface area contributed by atoms with Crippen LogP contribution in [0.4, 0.5) is 0 Å². The van der Waals surface area contributed by atoms with E-state index < -0.39 is 55.2 Å². The molecule has 172 valence electrons. The Kier molecular flexibility index (Phi) is 15.3. The zero-order valence-corrected chi connectivity index (χ0v) is 19.3. The maximum atomic E-state index is 10.5. The van der Waals surface area contributed by atoms with Gasteiger partial charge in [-0.05, 0) is 0 Å². The third-order valence-electron chi connectivity index (χ3n) is 1.86.